The Labute approximate surface area is 123 Å². The molecule has 0 radical (unpaired) electrons. The number of hydrogen-bond donors (Lipinski definition) is 1. The number of esters is 1. The minimum Gasteiger partial charge on any atom is -0.451 e. The van der Waals surface area contributed by atoms with Crippen molar-refractivity contribution in [2.24, 2.45) is 5.92 Å². The van der Waals surface area contributed by atoms with Crippen molar-refractivity contribution in [1.82, 2.24) is 5.32 Å². The molecule has 2 rings (SSSR count). The van der Waals surface area contributed by atoms with Crippen LogP contribution in [0.4, 0.5) is 0 Å². The zero-order valence-electron chi connectivity index (χ0n) is 12.0. The van der Waals surface area contributed by atoms with E-state index in [-0.39, 0.29) is 18.6 Å². The van der Waals surface area contributed by atoms with E-state index in [1.54, 1.807) is 6.07 Å². The monoisotopic (exact) mass is 295 g/mol. The van der Waals surface area contributed by atoms with Crippen LogP contribution in [0, 0.1) is 12.8 Å². The topological polar surface area (TPSA) is 55.4 Å². The van der Waals surface area contributed by atoms with E-state index in [4.69, 9.17) is 4.74 Å². The van der Waals surface area contributed by atoms with E-state index < -0.39 is 5.97 Å². The van der Waals surface area contributed by atoms with Crippen molar-refractivity contribution in [2.45, 2.75) is 45.6 Å². The standard InChI is InChI=1S/C15H21NO3S/c1-10-3-6-12(7-4-10)16-14(17)9-19-15(18)13-8-5-11(2)20-13/h5,8,10,12H,3-4,6-7,9H2,1-2H3,(H,16,17). The van der Waals surface area contributed by atoms with Crippen LogP contribution in [0.1, 0.15) is 47.2 Å². The quantitative estimate of drug-likeness (QED) is 0.869. The molecule has 1 amide bonds. The number of thiophene rings is 1. The van der Waals surface area contributed by atoms with Gasteiger partial charge in [-0.05, 0) is 50.7 Å². The van der Waals surface area contributed by atoms with Crippen molar-refractivity contribution in [3.8, 4) is 0 Å². The van der Waals surface area contributed by atoms with Gasteiger partial charge in [0, 0.05) is 10.9 Å². The minimum absolute atomic E-state index is 0.193. The number of rotatable bonds is 4. The molecule has 0 aliphatic heterocycles. The molecule has 20 heavy (non-hydrogen) atoms. The van der Waals surface area contributed by atoms with Crippen LogP contribution in [-0.4, -0.2) is 24.5 Å². The van der Waals surface area contributed by atoms with Gasteiger partial charge in [0.05, 0.1) is 0 Å². The van der Waals surface area contributed by atoms with Crippen LogP contribution < -0.4 is 5.32 Å². The second-order valence-corrected chi connectivity index (χ2v) is 6.80. The number of carbonyl (C=O) groups is 2. The highest BCUT2D eigenvalue weighted by atomic mass is 32.1. The summed E-state index contributed by atoms with van der Waals surface area (Å²) < 4.78 is 5.03. The Kier molecular flexibility index (Phi) is 5.17. The fraction of sp³-hybridized carbons (Fsp3) is 0.600. The van der Waals surface area contributed by atoms with Crippen molar-refractivity contribution in [3.63, 3.8) is 0 Å². The van der Waals surface area contributed by atoms with E-state index in [1.165, 1.54) is 11.3 Å². The molecular formula is C15H21NO3S. The Bertz CT molecular complexity index is 475. The van der Waals surface area contributed by atoms with Crippen molar-refractivity contribution in [2.75, 3.05) is 6.61 Å². The average molecular weight is 295 g/mol. The lowest BCUT2D eigenvalue weighted by Crippen LogP contribution is -2.39. The van der Waals surface area contributed by atoms with E-state index in [2.05, 4.69) is 12.2 Å². The molecule has 1 N–H and O–H groups in total. The summed E-state index contributed by atoms with van der Waals surface area (Å²) >= 11 is 1.38. The van der Waals surface area contributed by atoms with E-state index in [0.29, 0.717) is 4.88 Å². The summed E-state index contributed by atoms with van der Waals surface area (Å²) in [5.74, 6) is 0.129. The summed E-state index contributed by atoms with van der Waals surface area (Å²) in [7, 11) is 0. The van der Waals surface area contributed by atoms with Gasteiger partial charge in [0.15, 0.2) is 6.61 Å². The summed E-state index contributed by atoms with van der Waals surface area (Å²) in [6.45, 7) is 3.98. The van der Waals surface area contributed by atoms with Crippen molar-refractivity contribution >= 4 is 23.2 Å². The van der Waals surface area contributed by atoms with Gasteiger partial charge >= 0.3 is 5.97 Å². The van der Waals surface area contributed by atoms with Gasteiger partial charge in [-0.3, -0.25) is 4.79 Å². The third kappa shape index (κ3) is 4.34. The first-order valence-corrected chi connectivity index (χ1v) is 7.89. The molecule has 0 aromatic carbocycles. The molecule has 5 heteroatoms. The first kappa shape index (κ1) is 15.0. The van der Waals surface area contributed by atoms with Gasteiger partial charge in [-0.1, -0.05) is 6.92 Å². The lowest BCUT2D eigenvalue weighted by molar-refractivity contribution is -0.125. The number of amides is 1. The zero-order chi connectivity index (χ0) is 14.5. The van der Waals surface area contributed by atoms with E-state index >= 15 is 0 Å². The Morgan fingerprint density at radius 2 is 2.00 bits per heavy atom. The van der Waals surface area contributed by atoms with E-state index in [1.807, 2.05) is 13.0 Å². The first-order chi connectivity index (χ1) is 9.54. The van der Waals surface area contributed by atoms with Crippen molar-refractivity contribution < 1.29 is 14.3 Å². The predicted octanol–water partition coefficient (Wildman–Crippen LogP) is 2.91. The number of carbonyl (C=O) groups excluding carboxylic acids is 2. The van der Waals surface area contributed by atoms with Crippen LogP contribution in [0.3, 0.4) is 0 Å². The van der Waals surface area contributed by atoms with Gasteiger partial charge < -0.3 is 10.1 Å². The molecule has 1 fully saturated rings. The van der Waals surface area contributed by atoms with Gasteiger partial charge in [0.1, 0.15) is 4.88 Å². The maximum absolute atomic E-state index is 11.7. The largest absolute Gasteiger partial charge is 0.451 e. The molecule has 0 spiro atoms. The Morgan fingerprint density at radius 3 is 2.60 bits per heavy atom. The van der Waals surface area contributed by atoms with Crippen LogP contribution in [0.5, 0.6) is 0 Å². The molecular weight excluding hydrogens is 274 g/mol. The van der Waals surface area contributed by atoms with E-state index in [9.17, 15) is 9.59 Å². The highest BCUT2D eigenvalue weighted by molar-refractivity contribution is 7.13. The fourth-order valence-electron chi connectivity index (χ4n) is 2.42. The van der Waals surface area contributed by atoms with E-state index in [0.717, 1.165) is 36.5 Å². The van der Waals surface area contributed by atoms with Crippen LogP contribution in [0.15, 0.2) is 12.1 Å². The summed E-state index contributed by atoms with van der Waals surface area (Å²) in [6, 6.07) is 3.83. The third-order valence-corrected chi connectivity index (χ3v) is 4.64. The van der Waals surface area contributed by atoms with Crippen LogP contribution in [-0.2, 0) is 9.53 Å². The highest BCUT2D eigenvalue weighted by Crippen LogP contribution is 2.23. The molecule has 4 nitrogen and oxygen atoms in total. The van der Waals surface area contributed by atoms with Crippen LogP contribution >= 0.6 is 11.3 Å². The Hall–Kier alpha value is -1.36. The third-order valence-electron chi connectivity index (χ3n) is 3.66. The van der Waals surface area contributed by atoms with Crippen LogP contribution in [0.25, 0.3) is 0 Å². The summed E-state index contributed by atoms with van der Waals surface area (Å²) in [6.07, 6.45) is 4.34. The molecule has 1 saturated carbocycles. The lowest BCUT2D eigenvalue weighted by Gasteiger charge is -2.26. The molecule has 0 saturated heterocycles. The number of nitrogens with one attached hydrogen (secondary N) is 1. The smallest absolute Gasteiger partial charge is 0.348 e. The number of ether oxygens (including phenoxy) is 1. The SMILES string of the molecule is Cc1ccc(C(=O)OCC(=O)NC2CCC(C)CC2)s1. The Morgan fingerprint density at radius 1 is 1.30 bits per heavy atom. The van der Waals surface area contributed by atoms with Gasteiger partial charge in [0.2, 0.25) is 0 Å². The maximum Gasteiger partial charge on any atom is 0.348 e. The molecule has 1 aromatic rings. The maximum atomic E-state index is 11.7. The van der Waals surface area contributed by atoms with Crippen LogP contribution in [0.2, 0.25) is 0 Å². The summed E-state index contributed by atoms with van der Waals surface area (Å²) in [5, 5.41) is 2.94. The molecule has 110 valence electrons. The van der Waals surface area contributed by atoms with Gasteiger partial charge in [-0.15, -0.1) is 11.3 Å². The fourth-order valence-corrected chi connectivity index (χ4v) is 3.18. The summed E-state index contributed by atoms with van der Waals surface area (Å²) in [4.78, 5) is 25.1. The summed E-state index contributed by atoms with van der Waals surface area (Å²) in [5.41, 5.74) is 0. The second-order valence-electron chi connectivity index (χ2n) is 5.51. The Balaban J connectivity index is 1.71. The second kappa shape index (κ2) is 6.88. The molecule has 1 aliphatic rings. The van der Waals surface area contributed by atoms with Gasteiger partial charge in [0.25, 0.3) is 5.91 Å². The molecule has 0 unspecified atom stereocenters. The lowest BCUT2D eigenvalue weighted by atomic mass is 9.87. The molecule has 1 aromatic heterocycles. The predicted molar refractivity (Wildman–Crippen MR) is 78.9 cm³/mol. The zero-order valence-corrected chi connectivity index (χ0v) is 12.8. The average Bonchev–Trinajstić information content (AvgIpc) is 2.85. The van der Waals surface area contributed by atoms with Gasteiger partial charge in [-0.2, -0.15) is 0 Å². The number of hydrogen-bond acceptors (Lipinski definition) is 4. The molecule has 0 atom stereocenters. The molecule has 0 bridgehead atoms. The molecule has 1 aliphatic carbocycles. The highest BCUT2D eigenvalue weighted by Gasteiger charge is 2.20. The minimum atomic E-state index is -0.421. The normalized spacial score (nSPS) is 22.3. The van der Waals surface area contributed by atoms with Crippen molar-refractivity contribution in [3.05, 3.63) is 21.9 Å². The van der Waals surface area contributed by atoms with Gasteiger partial charge in [-0.25, -0.2) is 4.79 Å². The first-order valence-electron chi connectivity index (χ1n) is 7.07. The number of aryl methyl sites for hydroxylation is 1. The van der Waals surface area contributed by atoms with Crippen molar-refractivity contribution in [1.29, 1.82) is 0 Å². The molecule has 1 heterocycles.